The van der Waals surface area contributed by atoms with Crippen molar-refractivity contribution in [3.63, 3.8) is 0 Å². The van der Waals surface area contributed by atoms with Crippen LogP contribution in [0.1, 0.15) is 16.1 Å². The van der Waals surface area contributed by atoms with E-state index in [0.717, 1.165) is 5.56 Å². The Kier molecular flexibility index (Phi) is 3.84. The van der Waals surface area contributed by atoms with Gasteiger partial charge in [-0.15, -0.1) is 5.10 Å². The van der Waals surface area contributed by atoms with E-state index in [9.17, 15) is 9.90 Å². The van der Waals surface area contributed by atoms with Gasteiger partial charge in [-0.3, -0.25) is 4.98 Å². The number of carbonyl (C=O) groups is 1. The zero-order valence-corrected chi connectivity index (χ0v) is 12.1. The summed E-state index contributed by atoms with van der Waals surface area (Å²) < 4.78 is 1.52. The number of carboxylic acids is 1. The van der Waals surface area contributed by atoms with E-state index in [0.29, 0.717) is 22.8 Å². The minimum absolute atomic E-state index is 0.111. The highest BCUT2D eigenvalue weighted by atomic mass is 35.5. The Morgan fingerprint density at radius 2 is 2.05 bits per heavy atom. The molecule has 0 spiro atoms. The lowest BCUT2D eigenvalue weighted by Crippen LogP contribution is -2.06. The van der Waals surface area contributed by atoms with Crippen molar-refractivity contribution >= 4 is 17.6 Å². The van der Waals surface area contributed by atoms with Crippen molar-refractivity contribution in [3.05, 3.63) is 65.1 Å². The predicted octanol–water partition coefficient (Wildman–Crippen LogP) is 2.74. The van der Waals surface area contributed by atoms with Crippen molar-refractivity contribution in [1.82, 2.24) is 20.0 Å². The number of aromatic carboxylic acids is 1. The number of aromatic nitrogens is 4. The van der Waals surface area contributed by atoms with Gasteiger partial charge >= 0.3 is 5.97 Å². The maximum absolute atomic E-state index is 11.4. The monoisotopic (exact) mass is 314 g/mol. The van der Waals surface area contributed by atoms with Crippen LogP contribution in [0.25, 0.3) is 11.3 Å². The van der Waals surface area contributed by atoms with E-state index in [1.54, 1.807) is 30.6 Å². The van der Waals surface area contributed by atoms with Gasteiger partial charge in [-0.2, -0.15) is 0 Å². The lowest BCUT2D eigenvalue weighted by Gasteiger charge is -2.08. The van der Waals surface area contributed by atoms with E-state index < -0.39 is 5.97 Å². The molecule has 2 heterocycles. The summed E-state index contributed by atoms with van der Waals surface area (Å²) in [5.41, 5.74) is 1.76. The van der Waals surface area contributed by atoms with Gasteiger partial charge in [0.2, 0.25) is 0 Å². The van der Waals surface area contributed by atoms with Crippen LogP contribution in [0.5, 0.6) is 0 Å². The van der Waals surface area contributed by atoms with Crippen molar-refractivity contribution in [3.8, 4) is 11.3 Å². The Morgan fingerprint density at radius 3 is 2.73 bits per heavy atom. The normalized spacial score (nSPS) is 10.6. The summed E-state index contributed by atoms with van der Waals surface area (Å²) in [5, 5.41) is 17.6. The number of hydrogen-bond donors (Lipinski definition) is 1. The molecular formula is C15H11ClN4O2. The second-order valence-electron chi connectivity index (χ2n) is 4.58. The molecule has 0 bridgehead atoms. The topological polar surface area (TPSA) is 80.9 Å². The van der Waals surface area contributed by atoms with E-state index in [2.05, 4.69) is 15.3 Å². The van der Waals surface area contributed by atoms with E-state index in [-0.39, 0.29) is 5.69 Å². The average Bonchev–Trinajstić information content (AvgIpc) is 2.94. The summed E-state index contributed by atoms with van der Waals surface area (Å²) >= 11 is 6.15. The maximum Gasteiger partial charge on any atom is 0.358 e. The highest BCUT2D eigenvalue weighted by Gasteiger charge is 2.21. The largest absolute Gasteiger partial charge is 0.476 e. The number of rotatable bonds is 4. The molecule has 3 aromatic rings. The first-order chi connectivity index (χ1) is 10.7. The molecule has 22 heavy (non-hydrogen) atoms. The van der Waals surface area contributed by atoms with Gasteiger partial charge in [0.1, 0.15) is 5.69 Å². The highest BCUT2D eigenvalue weighted by Crippen LogP contribution is 2.24. The second-order valence-corrected chi connectivity index (χ2v) is 4.99. The third kappa shape index (κ3) is 2.68. The van der Waals surface area contributed by atoms with Crippen molar-refractivity contribution < 1.29 is 9.90 Å². The van der Waals surface area contributed by atoms with Crippen LogP contribution in [0, 0.1) is 0 Å². The zero-order valence-electron chi connectivity index (χ0n) is 11.3. The molecule has 1 aromatic carbocycles. The highest BCUT2D eigenvalue weighted by molar-refractivity contribution is 6.31. The molecule has 0 saturated carbocycles. The summed E-state index contributed by atoms with van der Waals surface area (Å²) in [5.74, 6) is -1.13. The molecule has 0 unspecified atom stereocenters. The van der Waals surface area contributed by atoms with Crippen molar-refractivity contribution in [2.45, 2.75) is 6.54 Å². The summed E-state index contributed by atoms with van der Waals surface area (Å²) in [6.07, 6.45) is 3.19. The summed E-state index contributed by atoms with van der Waals surface area (Å²) in [6, 6.07) is 10.8. The van der Waals surface area contributed by atoms with Gasteiger partial charge in [0, 0.05) is 23.0 Å². The predicted molar refractivity (Wildman–Crippen MR) is 80.8 cm³/mol. The molecule has 0 fully saturated rings. The van der Waals surface area contributed by atoms with Crippen LogP contribution >= 0.6 is 11.6 Å². The Hall–Kier alpha value is -2.73. The van der Waals surface area contributed by atoms with E-state index in [4.69, 9.17) is 11.6 Å². The smallest absolute Gasteiger partial charge is 0.358 e. The van der Waals surface area contributed by atoms with E-state index >= 15 is 0 Å². The molecule has 0 aliphatic carbocycles. The lowest BCUT2D eigenvalue weighted by atomic mass is 10.1. The van der Waals surface area contributed by atoms with Crippen LogP contribution in [0.2, 0.25) is 5.02 Å². The molecule has 0 saturated heterocycles. The molecule has 7 heteroatoms. The molecule has 6 nitrogen and oxygen atoms in total. The Bertz CT molecular complexity index is 817. The molecule has 0 aliphatic rings. The van der Waals surface area contributed by atoms with Crippen LogP contribution in [-0.4, -0.2) is 31.1 Å². The van der Waals surface area contributed by atoms with Crippen molar-refractivity contribution in [2.75, 3.05) is 0 Å². The van der Waals surface area contributed by atoms with Gasteiger partial charge in [-0.05, 0) is 23.8 Å². The fourth-order valence-electron chi connectivity index (χ4n) is 2.14. The van der Waals surface area contributed by atoms with Crippen molar-refractivity contribution in [2.24, 2.45) is 0 Å². The Labute approximate surface area is 131 Å². The SMILES string of the molecule is O=C(O)c1nnn(Cc2ccccc2Cl)c1-c1cccnc1. The van der Waals surface area contributed by atoms with Crippen LogP contribution in [0.3, 0.4) is 0 Å². The Morgan fingerprint density at radius 1 is 1.23 bits per heavy atom. The zero-order chi connectivity index (χ0) is 15.5. The molecule has 2 aromatic heterocycles. The first-order valence-corrected chi connectivity index (χ1v) is 6.85. The third-order valence-electron chi connectivity index (χ3n) is 3.15. The van der Waals surface area contributed by atoms with Gasteiger partial charge in [0.15, 0.2) is 5.69 Å². The number of carboxylic acid groups (broad SMARTS) is 1. The van der Waals surface area contributed by atoms with E-state index in [1.807, 2.05) is 18.2 Å². The summed E-state index contributed by atoms with van der Waals surface area (Å²) in [7, 11) is 0. The Balaban J connectivity index is 2.09. The molecule has 0 aliphatic heterocycles. The molecule has 1 N–H and O–H groups in total. The van der Waals surface area contributed by atoms with Gasteiger partial charge in [0.25, 0.3) is 0 Å². The fraction of sp³-hybridized carbons (Fsp3) is 0.0667. The summed E-state index contributed by atoms with van der Waals surface area (Å²) in [6.45, 7) is 0.324. The maximum atomic E-state index is 11.4. The van der Waals surface area contributed by atoms with Crippen LogP contribution in [-0.2, 0) is 6.54 Å². The van der Waals surface area contributed by atoms with Gasteiger partial charge in [0.05, 0.1) is 6.54 Å². The second kappa shape index (κ2) is 5.95. The molecule has 0 radical (unpaired) electrons. The quantitative estimate of drug-likeness (QED) is 0.800. The fourth-order valence-corrected chi connectivity index (χ4v) is 2.34. The van der Waals surface area contributed by atoms with Crippen molar-refractivity contribution in [1.29, 1.82) is 0 Å². The number of halogens is 1. The molecule has 0 amide bonds. The molecule has 3 rings (SSSR count). The summed E-state index contributed by atoms with van der Waals surface area (Å²) in [4.78, 5) is 15.4. The first-order valence-electron chi connectivity index (χ1n) is 6.47. The van der Waals surface area contributed by atoms with Crippen LogP contribution in [0.15, 0.2) is 48.8 Å². The molecule has 0 atom stereocenters. The lowest BCUT2D eigenvalue weighted by molar-refractivity contribution is 0.0691. The average molecular weight is 315 g/mol. The van der Waals surface area contributed by atoms with Gasteiger partial charge in [-0.25, -0.2) is 9.48 Å². The van der Waals surface area contributed by atoms with E-state index in [1.165, 1.54) is 4.68 Å². The van der Waals surface area contributed by atoms with Crippen LogP contribution in [0.4, 0.5) is 0 Å². The standard InChI is InChI=1S/C15H11ClN4O2/c16-12-6-2-1-4-11(12)9-20-14(10-5-3-7-17-8-10)13(15(21)22)18-19-20/h1-8H,9H2,(H,21,22). The number of pyridine rings is 1. The number of hydrogen-bond acceptors (Lipinski definition) is 4. The minimum atomic E-state index is -1.13. The molecule has 110 valence electrons. The van der Waals surface area contributed by atoms with Crippen LogP contribution < -0.4 is 0 Å². The number of benzene rings is 1. The third-order valence-corrected chi connectivity index (χ3v) is 3.52. The first kappa shape index (κ1) is 14.2. The van der Waals surface area contributed by atoms with Gasteiger partial charge in [-0.1, -0.05) is 35.0 Å². The number of nitrogens with zero attached hydrogens (tertiary/aromatic N) is 4. The molecular weight excluding hydrogens is 304 g/mol. The minimum Gasteiger partial charge on any atom is -0.476 e. The van der Waals surface area contributed by atoms with Gasteiger partial charge < -0.3 is 5.11 Å².